The molecule has 0 aliphatic carbocycles. The molecule has 0 aliphatic heterocycles. The Bertz CT molecular complexity index is 1470. The lowest BCUT2D eigenvalue weighted by Gasteiger charge is -1.96. The zero-order valence-electron chi connectivity index (χ0n) is 18.3. The first-order chi connectivity index (χ1) is 17.1. The van der Waals surface area contributed by atoms with Crippen molar-refractivity contribution in [3.8, 4) is 17.2 Å². The Morgan fingerprint density at radius 3 is 1.83 bits per heavy atom. The number of nitrogens with zero attached hydrogens (tertiary/aromatic N) is 1. The van der Waals surface area contributed by atoms with Gasteiger partial charge in [-0.15, -0.1) is 0 Å². The van der Waals surface area contributed by atoms with Crippen molar-refractivity contribution in [2.24, 2.45) is 0 Å². The van der Waals surface area contributed by atoms with Crippen molar-refractivity contribution in [3.63, 3.8) is 0 Å². The maximum atomic E-state index is 10.3. The molecule has 10 heteroatoms. The van der Waals surface area contributed by atoms with Crippen LogP contribution < -0.4 is 5.73 Å². The van der Waals surface area contributed by atoms with Crippen molar-refractivity contribution < 1.29 is 19.4 Å². The number of halogens is 4. The van der Waals surface area contributed by atoms with Crippen LogP contribution in [0.4, 0.5) is 5.69 Å². The van der Waals surface area contributed by atoms with E-state index in [4.69, 9.17) is 20.4 Å². The maximum absolute atomic E-state index is 10.3. The van der Waals surface area contributed by atoms with Crippen molar-refractivity contribution in [2.75, 3.05) is 5.73 Å². The maximum Gasteiger partial charge on any atom is 0.335 e. The lowest BCUT2D eigenvalue weighted by atomic mass is 10.2. The lowest BCUT2D eigenvalue weighted by Crippen LogP contribution is -1.94. The van der Waals surface area contributed by atoms with E-state index in [0.717, 1.165) is 34.6 Å². The molecular weight excluding hydrogens is 724 g/mol. The van der Waals surface area contributed by atoms with Crippen LogP contribution in [-0.4, -0.2) is 21.2 Å². The quantitative estimate of drug-likeness (QED) is 0.123. The zero-order valence-corrected chi connectivity index (χ0v) is 24.7. The number of anilines is 1. The van der Waals surface area contributed by atoms with Crippen LogP contribution in [0.3, 0.4) is 0 Å². The van der Waals surface area contributed by atoms with E-state index in [0.29, 0.717) is 17.1 Å². The third kappa shape index (κ3) is 8.19. The Kier molecular flexibility index (Phi) is 10.1. The number of aromatic hydroxyl groups is 1. The fourth-order valence-electron chi connectivity index (χ4n) is 2.73. The first-order valence-corrected chi connectivity index (χ1v) is 13.3. The molecule has 0 fully saturated rings. The first kappa shape index (κ1) is 27.9. The molecule has 0 saturated carbocycles. The van der Waals surface area contributed by atoms with Gasteiger partial charge in [-0.3, -0.25) is 0 Å². The van der Waals surface area contributed by atoms with E-state index < -0.39 is 5.97 Å². The predicted octanol–water partition coefficient (Wildman–Crippen LogP) is 8.90. The molecule has 4 aromatic carbocycles. The minimum Gasteiger partial charge on any atom is -0.506 e. The number of phenols is 1. The minimum absolute atomic E-state index is 0.123. The monoisotopic (exact) mass is 738 g/mol. The second-order valence-corrected chi connectivity index (χ2v) is 10.8. The zero-order chi connectivity index (χ0) is 26.2. The van der Waals surface area contributed by atoms with Gasteiger partial charge in [0.05, 0.1) is 11.3 Å². The van der Waals surface area contributed by atoms with Crippen molar-refractivity contribution in [3.05, 3.63) is 108 Å². The molecule has 1 aromatic heterocycles. The second-order valence-electron chi connectivity index (χ2n) is 7.15. The average Bonchev–Trinajstić information content (AvgIpc) is 3.26. The smallest absolute Gasteiger partial charge is 0.335 e. The van der Waals surface area contributed by atoms with E-state index >= 15 is 0 Å². The van der Waals surface area contributed by atoms with Crippen LogP contribution in [0.2, 0.25) is 0 Å². The highest BCUT2D eigenvalue weighted by Crippen LogP contribution is 2.27. The predicted molar refractivity (Wildman–Crippen MR) is 156 cm³/mol. The van der Waals surface area contributed by atoms with Gasteiger partial charge < -0.3 is 20.4 Å². The molecule has 0 spiro atoms. The fourth-order valence-corrected chi connectivity index (χ4v) is 3.99. The molecule has 0 unspecified atom stereocenters. The summed E-state index contributed by atoms with van der Waals surface area (Å²) in [6.07, 6.45) is 0. The van der Waals surface area contributed by atoms with Crippen LogP contribution in [0, 0.1) is 0 Å². The summed E-state index contributed by atoms with van der Waals surface area (Å²) in [5.74, 6) is -0.128. The van der Waals surface area contributed by atoms with Crippen molar-refractivity contribution in [1.29, 1.82) is 0 Å². The Morgan fingerprint density at radius 2 is 1.28 bits per heavy atom. The topological polar surface area (TPSA) is 110 Å². The molecule has 0 saturated heterocycles. The van der Waals surface area contributed by atoms with Gasteiger partial charge >= 0.3 is 5.97 Å². The van der Waals surface area contributed by atoms with Gasteiger partial charge in [-0.2, -0.15) is 0 Å². The Labute approximate surface area is 240 Å². The van der Waals surface area contributed by atoms with Crippen LogP contribution in [-0.2, 0) is 0 Å². The number of carboxylic acid groups (broad SMARTS) is 1. The summed E-state index contributed by atoms with van der Waals surface area (Å²) in [4.78, 5) is 14.8. The fraction of sp³-hybridized carbons (Fsp3) is 0. The summed E-state index contributed by atoms with van der Waals surface area (Å²) in [6.45, 7) is 0. The number of rotatable bonds is 2. The molecule has 1 heterocycles. The summed E-state index contributed by atoms with van der Waals surface area (Å²) < 4.78 is 9.50. The van der Waals surface area contributed by atoms with Crippen LogP contribution in [0.25, 0.3) is 22.6 Å². The summed E-state index contributed by atoms with van der Waals surface area (Å²) in [7, 11) is 0. The van der Waals surface area contributed by atoms with E-state index in [2.05, 4.69) is 68.7 Å². The van der Waals surface area contributed by atoms with E-state index in [1.54, 1.807) is 42.5 Å². The minimum atomic E-state index is -0.896. The van der Waals surface area contributed by atoms with Crippen molar-refractivity contribution >= 4 is 86.5 Å². The van der Waals surface area contributed by atoms with Crippen LogP contribution in [0.1, 0.15) is 10.4 Å². The van der Waals surface area contributed by atoms with Gasteiger partial charge in [-0.05, 0) is 84.9 Å². The molecule has 36 heavy (non-hydrogen) atoms. The molecule has 0 bridgehead atoms. The van der Waals surface area contributed by atoms with E-state index in [-0.39, 0.29) is 5.75 Å². The van der Waals surface area contributed by atoms with Crippen molar-refractivity contribution in [1.82, 2.24) is 4.98 Å². The molecular formula is C26H18Br4N2O4. The third-order valence-electron chi connectivity index (χ3n) is 4.52. The number of hydrogen-bond donors (Lipinski definition) is 3. The number of carboxylic acids is 1. The molecule has 5 rings (SSSR count). The summed E-state index contributed by atoms with van der Waals surface area (Å²) >= 11 is 13.2. The Hall–Kier alpha value is -2.66. The van der Waals surface area contributed by atoms with Gasteiger partial charge in [0.25, 0.3) is 0 Å². The SMILES string of the molecule is Brc1ccc(-c2nc3cc(Br)ccc3o2)cc1.Nc1cc(Br)ccc1O.O=C(O)c1ccc(Br)cc1. The highest BCUT2D eigenvalue weighted by molar-refractivity contribution is 9.11. The van der Waals surface area contributed by atoms with Crippen LogP contribution in [0.15, 0.2) is 107 Å². The number of carbonyl (C=O) groups is 1. The lowest BCUT2D eigenvalue weighted by molar-refractivity contribution is 0.0697. The summed E-state index contributed by atoms with van der Waals surface area (Å²) in [6, 6.07) is 25.1. The Balaban J connectivity index is 0.000000163. The highest BCUT2D eigenvalue weighted by Gasteiger charge is 2.08. The molecule has 0 atom stereocenters. The summed E-state index contributed by atoms with van der Waals surface area (Å²) in [5.41, 5.74) is 8.67. The van der Waals surface area contributed by atoms with Crippen molar-refractivity contribution in [2.45, 2.75) is 0 Å². The van der Waals surface area contributed by atoms with Gasteiger partial charge in [-0.25, -0.2) is 9.78 Å². The number of benzene rings is 4. The number of oxazole rings is 1. The number of nitrogens with two attached hydrogens (primary N) is 1. The van der Waals surface area contributed by atoms with E-state index in [9.17, 15) is 4.79 Å². The summed E-state index contributed by atoms with van der Waals surface area (Å²) in [5, 5.41) is 17.4. The van der Waals surface area contributed by atoms with E-state index in [1.807, 2.05) is 42.5 Å². The number of nitrogen functional groups attached to an aromatic ring is 1. The number of aromatic carboxylic acids is 1. The van der Waals surface area contributed by atoms with E-state index in [1.165, 1.54) is 0 Å². The normalized spacial score (nSPS) is 10.1. The largest absolute Gasteiger partial charge is 0.506 e. The average molecular weight is 742 g/mol. The van der Waals surface area contributed by atoms with Crippen LogP contribution in [0.5, 0.6) is 5.75 Å². The van der Waals surface area contributed by atoms with Crippen LogP contribution >= 0.6 is 63.7 Å². The Morgan fingerprint density at radius 1 is 0.750 bits per heavy atom. The molecule has 0 amide bonds. The molecule has 0 aliphatic rings. The number of aromatic nitrogens is 1. The number of phenolic OH excluding ortho intramolecular Hbond substituents is 1. The number of fused-ring (bicyclic) bond motifs is 1. The standard InChI is InChI=1S/C13H7Br2NO.C7H5BrO2.C6H6BrNO/c14-9-3-1-8(2-4-9)13-16-11-7-10(15)5-6-12(11)17-13;8-6-3-1-5(2-4-6)7(9)10;7-4-1-2-6(9)5(8)3-4/h1-7H;1-4H,(H,9,10);1-3,9H,8H2. The van der Waals surface area contributed by atoms with Gasteiger partial charge in [-0.1, -0.05) is 63.7 Å². The van der Waals surface area contributed by atoms with Gasteiger partial charge in [0.15, 0.2) is 5.58 Å². The highest BCUT2D eigenvalue weighted by atomic mass is 79.9. The third-order valence-corrected chi connectivity index (χ3v) is 6.57. The molecule has 5 aromatic rings. The first-order valence-electron chi connectivity index (χ1n) is 10.2. The molecule has 6 nitrogen and oxygen atoms in total. The molecule has 4 N–H and O–H groups in total. The molecule has 0 radical (unpaired) electrons. The second kappa shape index (κ2) is 13.0. The van der Waals surface area contributed by atoms with Gasteiger partial charge in [0, 0.05) is 23.5 Å². The van der Waals surface area contributed by atoms with Gasteiger partial charge in [0.1, 0.15) is 11.3 Å². The number of hydrogen-bond acceptors (Lipinski definition) is 5. The molecule has 184 valence electrons. The van der Waals surface area contributed by atoms with Gasteiger partial charge in [0.2, 0.25) is 5.89 Å².